The summed E-state index contributed by atoms with van der Waals surface area (Å²) in [5.74, 6) is 0.676. The Kier molecular flexibility index (Phi) is 3.57. The van der Waals surface area contributed by atoms with Gasteiger partial charge in [0.15, 0.2) is 0 Å². The monoisotopic (exact) mass is 273 g/mol. The molecule has 2 heterocycles. The van der Waals surface area contributed by atoms with Crippen molar-refractivity contribution in [2.45, 2.75) is 32.8 Å². The number of hydrogen-bond donors (Lipinski definition) is 1. The molecule has 1 N–H and O–H groups in total. The smallest absolute Gasteiger partial charge is 0.135 e. The minimum Gasteiger partial charge on any atom is -0.458 e. The predicted octanol–water partition coefficient (Wildman–Crippen LogP) is 3.59. The van der Waals surface area contributed by atoms with Gasteiger partial charge in [0.2, 0.25) is 0 Å². The quantitative estimate of drug-likeness (QED) is 0.928. The summed E-state index contributed by atoms with van der Waals surface area (Å²) in [5.41, 5.74) is 1.20. The zero-order valence-corrected chi connectivity index (χ0v) is 12.3. The van der Waals surface area contributed by atoms with Crippen LogP contribution < -0.4 is 0 Å². The van der Waals surface area contributed by atoms with E-state index in [0.29, 0.717) is 17.7 Å². The van der Waals surface area contributed by atoms with Crippen molar-refractivity contribution in [2.24, 2.45) is 5.41 Å². The first-order chi connectivity index (χ1) is 9.53. The van der Waals surface area contributed by atoms with Gasteiger partial charge in [0, 0.05) is 18.5 Å². The summed E-state index contributed by atoms with van der Waals surface area (Å²) < 4.78 is 5.75. The molecule has 0 saturated carbocycles. The molecule has 1 aliphatic heterocycles. The molecule has 1 atom stereocenters. The summed E-state index contributed by atoms with van der Waals surface area (Å²) in [6.07, 6.45) is 1.93. The lowest BCUT2D eigenvalue weighted by molar-refractivity contribution is 0.0509. The molecule has 1 unspecified atom stereocenters. The Morgan fingerprint density at radius 3 is 2.90 bits per heavy atom. The van der Waals surface area contributed by atoms with Crippen LogP contribution in [0.3, 0.4) is 0 Å². The highest BCUT2D eigenvalue weighted by molar-refractivity contribution is 5.77. The first kappa shape index (κ1) is 13.7. The third kappa shape index (κ3) is 2.89. The van der Waals surface area contributed by atoms with Crippen LogP contribution in [-0.2, 0) is 0 Å². The van der Waals surface area contributed by atoms with Crippen molar-refractivity contribution < 1.29 is 9.52 Å². The average Bonchev–Trinajstić information content (AvgIpc) is 2.81. The third-order valence-electron chi connectivity index (χ3n) is 4.18. The van der Waals surface area contributed by atoms with Gasteiger partial charge in [-0.1, -0.05) is 32.0 Å². The Bertz CT molecular complexity index is 554. The number of para-hydroxylation sites is 1. The molecule has 20 heavy (non-hydrogen) atoms. The van der Waals surface area contributed by atoms with E-state index in [9.17, 15) is 5.11 Å². The minimum absolute atomic E-state index is 0.353. The van der Waals surface area contributed by atoms with Crippen molar-refractivity contribution in [3.05, 3.63) is 36.1 Å². The molecule has 0 bridgehead atoms. The topological polar surface area (TPSA) is 36.6 Å². The second-order valence-electron chi connectivity index (χ2n) is 6.71. The number of rotatable bonds is 3. The molecular formula is C17H23NO2. The van der Waals surface area contributed by atoms with E-state index in [1.807, 2.05) is 30.3 Å². The van der Waals surface area contributed by atoms with Gasteiger partial charge in [0.05, 0.1) is 0 Å². The van der Waals surface area contributed by atoms with Crippen molar-refractivity contribution in [1.29, 1.82) is 0 Å². The van der Waals surface area contributed by atoms with Crippen molar-refractivity contribution in [1.82, 2.24) is 4.90 Å². The second kappa shape index (κ2) is 5.23. The highest BCUT2D eigenvalue weighted by Gasteiger charge is 2.28. The first-order valence-electron chi connectivity index (χ1n) is 7.42. The summed E-state index contributed by atoms with van der Waals surface area (Å²) in [6.45, 7) is 7.37. The number of benzene rings is 1. The molecule has 0 spiro atoms. The van der Waals surface area contributed by atoms with Crippen LogP contribution in [0.25, 0.3) is 11.0 Å². The SMILES string of the molecule is CC1(C)CCCN(CC(O)c2cc3ccccc3o2)C1. The zero-order valence-electron chi connectivity index (χ0n) is 12.3. The number of aliphatic hydroxyl groups is 1. The van der Waals surface area contributed by atoms with Gasteiger partial charge >= 0.3 is 0 Å². The fraction of sp³-hybridized carbons (Fsp3) is 0.529. The lowest BCUT2D eigenvalue weighted by Crippen LogP contribution is -2.41. The molecule has 1 fully saturated rings. The van der Waals surface area contributed by atoms with E-state index in [0.717, 1.165) is 24.1 Å². The Morgan fingerprint density at radius 2 is 2.15 bits per heavy atom. The largest absolute Gasteiger partial charge is 0.458 e. The van der Waals surface area contributed by atoms with E-state index in [1.165, 1.54) is 12.8 Å². The van der Waals surface area contributed by atoms with Gasteiger partial charge in [-0.15, -0.1) is 0 Å². The Labute approximate surface area is 120 Å². The summed E-state index contributed by atoms with van der Waals surface area (Å²) in [6, 6.07) is 9.85. The summed E-state index contributed by atoms with van der Waals surface area (Å²) in [7, 11) is 0. The number of piperidine rings is 1. The number of aliphatic hydroxyl groups excluding tert-OH is 1. The molecule has 0 amide bonds. The van der Waals surface area contributed by atoms with Gasteiger partial charge in [-0.2, -0.15) is 0 Å². The van der Waals surface area contributed by atoms with E-state index < -0.39 is 6.10 Å². The summed E-state index contributed by atoms with van der Waals surface area (Å²) in [5, 5.41) is 11.5. The maximum atomic E-state index is 10.4. The Hall–Kier alpha value is -1.32. The van der Waals surface area contributed by atoms with Crippen molar-refractivity contribution in [2.75, 3.05) is 19.6 Å². The molecule has 0 aliphatic carbocycles. The van der Waals surface area contributed by atoms with Gasteiger partial charge in [-0.3, -0.25) is 4.90 Å². The summed E-state index contributed by atoms with van der Waals surface area (Å²) >= 11 is 0. The van der Waals surface area contributed by atoms with Gasteiger partial charge < -0.3 is 9.52 Å². The normalized spacial score (nSPS) is 21.1. The second-order valence-corrected chi connectivity index (χ2v) is 6.71. The van der Waals surface area contributed by atoms with Crippen LogP contribution in [-0.4, -0.2) is 29.6 Å². The van der Waals surface area contributed by atoms with Crippen molar-refractivity contribution >= 4 is 11.0 Å². The molecule has 1 aromatic carbocycles. The number of hydrogen-bond acceptors (Lipinski definition) is 3. The number of β-amino-alcohol motifs (C(OH)–C–C–N with tert-alkyl or cyclic N) is 1. The molecule has 0 radical (unpaired) electrons. The zero-order chi connectivity index (χ0) is 14.2. The van der Waals surface area contributed by atoms with Crippen LogP contribution in [0.4, 0.5) is 0 Å². The molecule has 1 saturated heterocycles. The molecule has 3 rings (SSSR count). The standard InChI is InChI=1S/C17H23NO2/c1-17(2)8-5-9-18(12-17)11-14(19)16-10-13-6-3-4-7-15(13)20-16/h3-4,6-7,10,14,19H,5,8-9,11-12H2,1-2H3. The molecule has 3 nitrogen and oxygen atoms in total. The molecule has 2 aromatic rings. The number of fused-ring (bicyclic) bond motifs is 1. The molecular weight excluding hydrogens is 250 g/mol. The number of nitrogens with zero attached hydrogens (tertiary/aromatic N) is 1. The van der Waals surface area contributed by atoms with Crippen LogP contribution in [0, 0.1) is 5.41 Å². The van der Waals surface area contributed by atoms with E-state index in [2.05, 4.69) is 18.7 Å². The van der Waals surface area contributed by atoms with Crippen LogP contribution in [0.2, 0.25) is 0 Å². The van der Waals surface area contributed by atoms with E-state index in [1.54, 1.807) is 0 Å². The number of likely N-dealkylation sites (tertiary alicyclic amines) is 1. The van der Waals surface area contributed by atoms with Crippen LogP contribution in [0.5, 0.6) is 0 Å². The van der Waals surface area contributed by atoms with E-state index in [-0.39, 0.29) is 0 Å². The molecule has 1 aromatic heterocycles. The lowest BCUT2D eigenvalue weighted by atomic mass is 9.84. The van der Waals surface area contributed by atoms with Gasteiger partial charge in [0.25, 0.3) is 0 Å². The molecule has 108 valence electrons. The maximum absolute atomic E-state index is 10.4. The Morgan fingerprint density at radius 1 is 1.35 bits per heavy atom. The fourth-order valence-electron chi connectivity index (χ4n) is 3.20. The van der Waals surface area contributed by atoms with Crippen LogP contribution in [0.1, 0.15) is 38.6 Å². The fourth-order valence-corrected chi connectivity index (χ4v) is 3.20. The van der Waals surface area contributed by atoms with E-state index >= 15 is 0 Å². The number of furan rings is 1. The molecule has 3 heteroatoms. The van der Waals surface area contributed by atoms with Gasteiger partial charge in [0.1, 0.15) is 17.4 Å². The Balaban J connectivity index is 1.71. The van der Waals surface area contributed by atoms with Gasteiger partial charge in [-0.05, 0) is 36.9 Å². The van der Waals surface area contributed by atoms with E-state index in [4.69, 9.17) is 4.42 Å². The predicted molar refractivity (Wildman–Crippen MR) is 80.6 cm³/mol. The van der Waals surface area contributed by atoms with Crippen molar-refractivity contribution in [3.63, 3.8) is 0 Å². The molecule has 1 aliphatic rings. The highest BCUT2D eigenvalue weighted by atomic mass is 16.4. The first-order valence-corrected chi connectivity index (χ1v) is 7.42. The maximum Gasteiger partial charge on any atom is 0.135 e. The minimum atomic E-state index is -0.545. The van der Waals surface area contributed by atoms with Crippen LogP contribution >= 0.6 is 0 Å². The summed E-state index contributed by atoms with van der Waals surface area (Å²) in [4.78, 5) is 2.35. The van der Waals surface area contributed by atoms with Crippen LogP contribution in [0.15, 0.2) is 34.7 Å². The average molecular weight is 273 g/mol. The lowest BCUT2D eigenvalue weighted by Gasteiger charge is -2.38. The van der Waals surface area contributed by atoms with Crippen molar-refractivity contribution in [3.8, 4) is 0 Å². The van der Waals surface area contributed by atoms with Gasteiger partial charge in [-0.25, -0.2) is 0 Å². The third-order valence-corrected chi connectivity index (χ3v) is 4.18. The highest BCUT2D eigenvalue weighted by Crippen LogP contribution is 2.30.